The zero-order chi connectivity index (χ0) is 22.4. The van der Waals surface area contributed by atoms with Gasteiger partial charge in [0.1, 0.15) is 18.4 Å². The van der Waals surface area contributed by atoms with Gasteiger partial charge in [-0.1, -0.05) is 54.6 Å². The van der Waals surface area contributed by atoms with Gasteiger partial charge in [0.15, 0.2) is 0 Å². The third kappa shape index (κ3) is 5.20. The molecule has 0 aliphatic rings. The average molecular weight is 428 g/mol. The zero-order valence-electron chi connectivity index (χ0n) is 16.6. The fourth-order valence-electron chi connectivity index (χ4n) is 3.23. The Labute approximate surface area is 176 Å². The first-order valence-electron chi connectivity index (χ1n) is 9.30. The van der Waals surface area contributed by atoms with E-state index in [2.05, 4.69) is 0 Å². The third-order valence-electron chi connectivity index (χ3n) is 4.59. The van der Waals surface area contributed by atoms with Gasteiger partial charge in [-0.3, -0.25) is 4.79 Å². The molecule has 0 aliphatic carbocycles. The normalized spacial score (nSPS) is 11.3. The number of methoxy groups -OCH3 is 1. The van der Waals surface area contributed by atoms with Crippen LogP contribution in [0.4, 0.5) is 13.2 Å². The van der Waals surface area contributed by atoms with Crippen LogP contribution in [0.3, 0.4) is 0 Å². The molecule has 2 aromatic carbocycles. The molecule has 3 aromatic rings. The maximum absolute atomic E-state index is 13.5. The predicted octanol–water partition coefficient (Wildman–Crippen LogP) is 4.57. The van der Waals surface area contributed by atoms with E-state index in [4.69, 9.17) is 9.47 Å². The van der Waals surface area contributed by atoms with Crippen LogP contribution in [-0.2, 0) is 28.8 Å². The minimum atomic E-state index is -4.83. The van der Waals surface area contributed by atoms with E-state index in [0.717, 1.165) is 11.6 Å². The van der Waals surface area contributed by atoms with E-state index in [-0.39, 0.29) is 25.6 Å². The van der Waals surface area contributed by atoms with Crippen molar-refractivity contribution in [2.24, 2.45) is 0 Å². The highest BCUT2D eigenvalue weighted by Gasteiger charge is 2.36. The second-order valence-electron chi connectivity index (χ2n) is 6.76. The average Bonchev–Trinajstić information content (AvgIpc) is 2.75. The summed E-state index contributed by atoms with van der Waals surface area (Å²) in [7, 11) is 1.51. The summed E-state index contributed by atoms with van der Waals surface area (Å²) >= 11 is 0. The second kappa shape index (κ2) is 9.60. The molecule has 31 heavy (non-hydrogen) atoms. The van der Waals surface area contributed by atoms with Gasteiger partial charge < -0.3 is 14.0 Å². The molecule has 0 amide bonds. The molecule has 0 aliphatic heterocycles. The van der Waals surface area contributed by atoms with Crippen LogP contribution in [0.2, 0.25) is 0 Å². The summed E-state index contributed by atoms with van der Waals surface area (Å²) in [6, 6.07) is 17.7. The van der Waals surface area contributed by atoms with Crippen molar-refractivity contribution in [3.8, 4) is 17.3 Å². The summed E-state index contributed by atoms with van der Waals surface area (Å²) < 4.78 is 52.0. The number of hydrogen-bond donors (Lipinski definition) is 0. The summed E-state index contributed by atoms with van der Waals surface area (Å²) in [5, 5.41) is 9.29. The lowest BCUT2D eigenvalue weighted by Gasteiger charge is -2.18. The molecule has 3 rings (SSSR count). The maximum atomic E-state index is 13.5. The molecule has 0 unspecified atom stereocenters. The van der Waals surface area contributed by atoms with Gasteiger partial charge in [0.05, 0.1) is 24.4 Å². The number of halogens is 3. The Kier molecular flexibility index (Phi) is 6.90. The Morgan fingerprint density at radius 3 is 2.39 bits per heavy atom. The van der Waals surface area contributed by atoms with Crippen LogP contribution in [0.5, 0.6) is 0 Å². The van der Waals surface area contributed by atoms with E-state index in [9.17, 15) is 23.2 Å². The molecule has 5 nitrogen and oxygen atoms in total. The van der Waals surface area contributed by atoms with Crippen LogP contribution in [0.25, 0.3) is 11.3 Å². The number of aromatic nitrogens is 1. The second-order valence-corrected chi connectivity index (χ2v) is 6.76. The van der Waals surface area contributed by atoms with E-state index in [1.165, 1.54) is 17.7 Å². The highest BCUT2D eigenvalue weighted by atomic mass is 19.4. The van der Waals surface area contributed by atoms with Gasteiger partial charge in [0.2, 0.25) is 0 Å². The molecule has 160 valence electrons. The lowest BCUT2D eigenvalue weighted by Crippen LogP contribution is -2.28. The van der Waals surface area contributed by atoms with Crippen LogP contribution < -0.4 is 5.56 Å². The molecule has 0 N–H and O–H groups in total. The van der Waals surface area contributed by atoms with Crippen molar-refractivity contribution in [1.29, 1.82) is 5.26 Å². The Balaban J connectivity index is 2.13. The molecule has 1 aromatic heterocycles. The summed E-state index contributed by atoms with van der Waals surface area (Å²) in [5.74, 6) is 0. The first-order chi connectivity index (χ1) is 14.8. The van der Waals surface area contributed by atoms with Crippen LogP contribution in [0, 0.1) is 11.3 Å². The smallest absolute Gasteiger partial charge is 0.359 e. The molecule has 0 fully saturated rings. The van der Waals surface area contributed by atoms with E-state index in [0.29, 0.717) is 11.1 Å². The van der Waals surface area contributed by atoms with Crippen LogP contribution in [0.15, 0.2) is 65.5 Å². The molecule has 0 spiro atoms. The molecule has 8 heteroatoms. The standard InChI is InChI=1S/C23H19F3N2O3/c1-30-15-31-14-17-7-5-6-16(10-17)13-28-21(18-8-3-2-4-9-18)11-20(23(24,25)26)19(12-27)22(28)29/h2-11H,13-15H2,1H3. The van der Waals surface area contributed by atoms with Crippen molar-refractivity contribution < 1.29 is 22.6 Å². The quantitative estimate of drug-likeness (QED) is 0.408. The minimum absolute atomic E-state index is 0.00596. The molecule has 0 saturated heterocycles. The molecule has 0 radical (unpaired) electrons. The number of hydrogen-bond acceptors (Lipinski definition) is 4. The Bertz CT molecular complexity index is 1150. The maximum Gasteiger partial charge on any atom is 0.417 e. The van der Waals surface area contributed by atoms with Crippen LogP contribution in [-0.4, -0.2) is 18.5 Å². The van der Waals surface area contributed by atoms with Crippen molar-refractivity contribution in [3.63, 3.8) is 0 Å². The molecular formula is C23H19F3N2O3. The van der Waals surface area contributed by atoms with Crippen LogP contribution in [0.1, 0.15) is 22.3 Å². The fraction of sp³-hybridized carbons (Fsp3) is 0.217. The number of ether oxygens (including phenoxy) is 2. The highest BCUT2D eigenvalue weighted by molar-refractivity contribution is 5.62. The van der Waals surface area contributed by atoms with Crippen molar-refractivity contribution in [2.45, 2.75) is 19.3 Å². The lowest BCUT2D eigenvalue weighted by atomic mass is 10.0. The predicted molar refractivity (Wildman–Crippen MR) is 108 cm³/mol. The first-order valence-corrected chi connectivity index (χ1v) is 9.30. The number of benzene rings is 2. The minimum Gasteiger partial charge on any atom is -0.359 e. The van der Waals surface area contributed by atoms with Crippen molar-refractivity contribution in [2.75, 3.05) is 13.9 Å². The van der Waals surface area contributed by atoms with E-state index >= 15 is 0 Å². The number of nitriles is 1. The molecule has 0 saturated carbocycles. The first kappa shape index (κ1) is 22.3. The van der Waals surface area contributed by atoms with Gasteiger partial charge in [-0.25, -0.2) is 0 Å². The van der Waals surface area contributed by atoms with Gasteiger partial charge in [-0.2, -0.15) is 18.4 Å². The van der Waals surface area contributed by atoms with Gasteiger partial charge in [-0.15, -0.1) is 0 Å². The number of rotatable bonds is 7. The highest BCUT2D eigenvalue weighted by Crippen LogP contribution is 2.33. The molecule has 0 atom stereocenters. The Hall–Kier alpha value is -3.41. The topological polar surface area (TPSA) is 64.2 Å². The third-order valence-corrected chi connectivity index (χ3v) is 4.59. The van der Waals surface area contributed by atoms with E-state index in [1.54, 1.807) is 48.5 Å². The van der Waals surface area contributed by atoms with Crippen molar-refractivity contribution >= 4 is 0 Å². The number of nitrogens with zero attached hydrogens (tertiary/aromatic N) is 2. The number of alkyl halides is 3. The Morgan fingerprint density at radius 1 is 1.03 bits per heavy atom. The summed E-state index contributed by atoms with van der Waals surface area (Å²) in [6.45, 7) is 0.388. The molecule has 0 bridgehead atoms. The largest absolute Gasteiger partial charge is 0.417 e. The SMILES string of the molecule is COCOCc1cccc(Cn2c(-c3ccccc3)cc(C(F)(F)F)c(C#N)c2=O)c1. The zero-order valence-corrected chi connectivity index (χ0v) is 16.6. The molecular weight excluding hydrogens is 409 g/mol. The van der Waals surface area contributed by atoms with Crippen molar-refractivity contribution in [3.05, 3.63) is 93.3 Å². The van der Waals surface area contributed by atoms with Gasteiger partial charge >= 0.3 is 6.18 Å². The fourth-order valence-corrected chi connectivity index (χ4v) is 3.23. The van der Waals surface area contributed by atoms with E-state index in [1.807, 2.05) is 6.07 Å². The van der Waals surface area contributed by atoms with Crippen molar-refractivity contribution in [1.82, 2.24) is 4.57 Å². The number of pyridine rings is 1. The summed E-state index contributed by atoms with van der Waals surface area (Å²) in [6.07, 6.45) is -4.83. The van der Waals surface area contributed by atoms with Gasteiger partial charge in [0.25, 0.3) is 5.56 Å². The molecule has 1 heterocycles. The van der Waals surface area contributed by atoms with Gasteiger partial charge in [0, 0.05) is 7.11 Å². The monoisotopic (exact) mass is 428 g/mol. The lowest BCUT2D eigenvalue weighted by molar-refractivity contribution is -0.137. The summed E-state index contributed by atoms with van der Waals surface area (Å²) in [4.78, 5) is 13.0. The van der Waals surface area contributed by atoms with Gasteiger partial charge in [-0.05, 0) is 22.8 Å². The van der Waals surface area contributed by atoms with Crippen LogP contribution >= 0.6 is 0 Å². The summed E-state index contributed by atoms with van der Waals surface area (Å²) in [5.41, 5.74) is -1.13. The Morgan fingerprint density at radius 2 is 1.74 bits per heavy atom. The van der Waals surface area contributed by atoms with E-state index < -0.39 is 22.9 Å².